The van der Waals surface area contributed by atoms with E-state index in [2.05, 4.69) is 4.72 Å². The SMILES string of the molecule is C[C@@H](NS(=O)(=O)CCCCCN)c1cccc(OC2CCCC2)c1. The molecule has 0 heterocycles. The van der Waals surface area contributed by atoms with Crippen molar-refractivity contribution in [1.29, 1.82) is 0 Å². The lowest BCUT2D eigenvalue weighted by atomic mass is 10.1. The van der Waals surface area contributed by atoms with E-state index in [1.165, 1.54) is 12.8 Å². The van der Waals surface area contributed by atoms with Crippen molar-refractivity contribution in [3.63, 3.8) is 0 Å². The first-order valence-corrected chi connectivity index (χ1v) is 10.6. The summed E-state index contributed by atoms with van der Waals surface area (Å²) in [7, 11) is -3.28. The lowest BCUT2D eigenvalue weighted by Gasteiger charge is -2.17. The van der Waals surface area contributed by atoms with Crippen molar-refractivity contribution in [3.8, 4) is 5.75 Å². The molecule has 1 aromatic rings. The van der Waals surface area contributed by atoms with E-state index < -0.39 is 10.0 Å². The van der Waals surface area contributed by atoms with Gasteiger partial charge in [0.15, 0.2) is 0 Å². The summed E-state index contributed by atoms with van der Waals surface area (Å²) in [5.74, 6) is 0.976. The van der Waals surface area contributed by atoms with Crippen LogP contribution in [0.5, 0.6) is 5.75 Å². The molecule has 2 rings (SSSR count). The van der Waals surface area contributed by atoms with E-state index in [4.69, 9.17) is 10.5 Å². The zero-order valence-corrected chi connectivity index (χ0v) is 15.4. The summed E-state index contributed by atoms with van der Waals surface area (Å²) in [6.07, 6.45) is 7.32. The Labute approximate surface area is 146 Å². The predicted molar refractivity (Wildman–Crippen MR) is 97.6 cm³/mol. The first kappa shape index (κ1) is 19.2. The molecule has 0 radical (unpaired) electrons. The van der Waals surface area contributed by atoms with Crippen LogP contribution in [0.15, 0.2) is 24.3 Å². The largest absolute Gasteiger partial charge is 0.490 e. The van der Waals surface area contributed by atoms with E-state index in [0.29, 0.717) is 19.1 Å². The second-order valence-corrected chi connectivity index (χ2v) is 8.48. The molecule has 1 aliphatic rings. The van der Waals surface area contributed by atoms with E-state index in [0.717, 1.165) is 37.0 Å². The van der Waals surface area contributed by atoms with Crippen LogP contribution in [0.4, 0.5) is 0 Å². The summed E-state index contributed by atoms with van der Waals surface area (Å²) < 4.78 is 33.1. The van der Waals surface area contributed by atoms with Crippen LogP contribution in [-0.2, 0) is 10.0 Å². The van der Waals surface area contributed by atoms with Crippen LogP contribution >= 0.6 is 0 Å². The Morgan fingerprint density at radius 3 is 2.71 bits per heavy atom. The van der Waals surface area contributed by atoms with Gasteiger partial charge >= 0.3 is 0 Å². The fourth-order valence-electron chi connectivity index (χ4n) is 3.07. The third-order valence-electron chi connectivity index (χ3n) is 4.44. The van der Waals surface area contributed by atoms with Crippen LogP contribution in [0.25, 0.3) is 0 Å². The zero-order chi connectivity index (χ0) is 17.4. The molecule has 0 aliphatic heterocycles. The zero-order valence-electron chi connectivity index (χ0n) is 14.5. The number of nitrogens with two attached hydrogens (primary N) is 1. The van der Waals surface area contributed by atoms with Crippen molar-refractivity contribution in [2.75, 3.05) is 12.3 Å². The number of unbranched alkanes of at least 4 members (excludes halogenated alkanes) is 2. The summed E-state index contributed by atoms with van der Waals surface area (Å²) in [6, 6.07) is 7.47. The number of hydrogen-bond donors (Lipinski definition) is 2. The minimum absolute atomic E-state index is 0.148. The average Bonchev–Trinajstić information content (AvgIpc) is 3.04. The summed E-state index contributed by atoms with van der Waals surface area (Å²) >= 11 is 0. The van der Waals surface area contributed by atoms with Gasteiger partial charge in [0.25, 0.3) is 0 Å². The molecule has 1 fully saturated rings. The number of ether oxygens (including phenoxy) is 1. The van der Waals surface area contributed by atoms with E-state index in [9.17, 15) is 8.42 Å². The van der Waals surface area contributed by atoms with Gasteiger partial charge in [-0.2, -0.15) is 0 Å². The molecule has 1 aromatic carbocycles. The Balaban J connectivity index is 1.90. The lowest BCUT2D eigenvalue weighted by molar-refractivity contribution is 0.210. The molecule has 0 amide bonds. The minimum Gasteiger partial charge on any atom is -0.490 e. The highest BCUT2D eigenvalue weighted by atomic mass is 32.2. The maximum atomic E-state index is 12.2. The Morgan fingerprint density at radius 1 is 1.25 bits per heavy atom. The molecule has 0 aromatic heterocycles. The fraction of sp³-hybridized carbons (Fsp3) is 0.667. The van der Waals surface area contributed by atoms with E-state index >= 15 is 0 Å². The van der Waals surface area contributed by atoms with E-state index in [-0.39, 0.29) is 11.8 Å². The molecule has 5 nitrogen and oxygen atoms in total. The summed E-state index contributed by atoms with van der Waals surface area (Å²) in [5, 5.41) is 0. The number of sulfonamides is 1. The molecule has 3 N–H and O–H groups in total. The Morgan fingerprint density at radius 2 is 2.00 bits per heavy atom. The first-order valence-electron chi connectivity index (χ1n) is 8.97. The van der Waals surface area contributed by atoms with Crippen molar-refractivity contribution in [3.05, 3.63) is 29.8 Å². The van der Waals surface area contributed by atoms with E-state index in [1.54, 1.807) is 0 Å². The Bertz CT molecular complexity index is 598. The predicted octanol–water partition coefficient (Wildman–Crippen LogP) is 3.12. The number of nitrogens with one attached hydrogen (secondary N) is 1. The molecule has 0 spiro atoms. The van der Waals surface area contributed by atoms with Gasteiger partial charge in [-0.15, -0.1) is 0 Å². The van der Waals surface area contributed by atoms with Crippen LogP contribution in [0, 0.1) is 0 Å². The quantitative estimate of drug-likeness (QED) is 0.633. The van der Waals surface area contributed by atoms with Crippen LogP contribution in [-0.4, -0.2) is 26.8 Å². The molecule has 0 bridgehead atoms. The molecular formula is C18H30N2O3S. The molecule has 0 unspecified atom stereocenters. The molecule has 0 saturated heterocycles. The van der Waals surface area contributed by atoms with Crippen LogP contribution < -0.4 is 15.2 Å². The standard InChI is InChI=1S/C18H30N2O3S/c1-15(20-24(21,22)13-6-2-5-12-19)16-8-7-11-18(14-16)23-17-9-3-4-10-17/h7-8,11,14-15,17,20H,2-6,9-10,12-13,19H2,1H3/t15-/m1/s1. The third-order valence-corrected chi connectivity index (χ3v) is 5.98. The van der Waals surface area contributed by atoms with Crippen molar-refractivity contribution in [2.45, 2.75) is 64.0 Å². The van der Waals surface area contributed by atoms with Crippen molar-refractivity contribution < 1.29 is 13.2 Å². The third kappa shape index (κ3) is 6.42. The van der Waals surface area contributed by atoms with Gasteiger partial charge in [-0.05, 0) is 69.7 Å². The maximum Gasteiger partial charge on any atom is 0.212 e. The van der Waals surface area contributed by atoms with Crippen LogP contribution in [0.3, 0.4) is 0 Å². The second kappa shape index (κ2) is 9.39. The smallest absolute Gasteiger partial charge is 0.212 e. The highest BCUT2D eigenvalue weighted by molar-refractivity contribution is 7.89. The highest BCUT2D eigenvalue weighted by Gasteiger charge is 2.18. The summed E-state index contributed by atoms with van der Waals surface area (Å²) in [4.78, 5) is 0. The van der Waals surface area contributed by atoms with Crippen LogP contribution in [0.1, 0.15) is 63.5 Å². The highest BCUT2D eigenvalue weighted by Crippen LogP contribution is 2.26. The Hall–Kier alpha value is -1.11. The van der Waals surface area contributed by atoms with Crippen molar-refractivity contribution in [1.82, 2.24) is 4.72 Å². The number of hydrogen-bond acceptors (Lipinski definition) is 4. The first-order chi connectivity index (χ1) is 11.5. The molecule has 6 heteroatoms. The van der Waals surface area contributed by atoms with Gasteiger partial charge in [0.05, 0.1) is 11.9 Å². The monoisotopic (exact) mass is 354 g/mol. The van der Waals surface area contributed by atoms with Crippen molar-refractivity contribution in [2.24, 2.45) is 5.73 Å². The summed E-state index contributed by atoms with van der Waals surface area (Å²) in [6.45, 7) is 2.48. The maximum absolute atomic E-state index is 12.2. The normalized spacial score (nSPS) is 17.1. The fourth-order valence-corrected chi connectivity index (χ4v) is 4.44. The van der Waals surface area contributed by atoms with Gasteiger partial charge in [0.1, 0.15) is 5.75 Å². The topological polar surface area (TPSA) is 81.4 Å². The lowest BCUT2D eigenvalue weighted by Crippen LogP contribution is -2.29. The molecule has 24 heavy (non-hydrogen) atoms. The minimum atomic E-state index is -3.28. The Kier molecular flexibility index (Phi) is 7.52. The number of benzene rings is 1. The number of rotatable bonds is 10. The van der Waals surface area contributed by atoms with Crippen LogP contribution in [0.2, 0.25) is 0 Å². The van der Waals surface area contributed by atoms with Gasteiger partial charge < -0.3 is 10.5 Å². The van der Waals surface area contributed by atoms with Gasteiger partial charge in [0.2, 0.25) is 10.0 Å². The van der Waals surface area contributed by atoms with E-state index in [1.807, 2.05) is 31.2 Å². The van der Waals surface area contributed by atoms with Crippen molar-refractivity contribution >= 4 is 10.0 Å². The van der Waals surface area contributed by atoms with Gasteiger partial charge in [-0.3, -0.25) is 0 Å². The second-order valence-electron chi connectivity index (χ2n) is 6.60. The average molecular weight is 355 g/mol. The summed E-state index contributed by atoms with van der Waals surface area (Å²) in [5.41, 5.74) is 6.36. The molecule has 136 valence electrons. The molecule has 1 atom stereocenters. The molecular weight excluding hydrogens is 324 g/mol. The molecule has 1 aliphatic carbocycles. The van der Waals surface area contributed by atoms with Gasteiger partial charge in [-0.1, -0.05) is 18.6 Å². The van der Waals surface area contributed by atoms with Gasteiger partial charge in [0, 0.05) is 6.04 Å². The molecule has 1 saturated carbocycles. The van der Waals surface area contributed by atoms with Gasteiger partial charge in [-0.25, -0.2) is 13.1 Å².